The fourth-order valence-electron chi connectivity index (χ4n) is 3.09. The average molecular weight is 305 g/mol. The first-order valence-corrected chi connectivity index (χ1v) is 8.07. The minimum absolute atomic E-state index is 0.000856. The van der Waals surface area contributed by atoms with Crippen LogP contribution in [0.15, 0.2) is 36.5 Å². The number of rotatable bonds is 5. The van der Waals surface area contributed by atoms with Gasteiger partial charge in [-0.25, -0.2) is 0 Å². The van der Waals surface area contributed by atoms with Gasteiger partial charge in [0, 0.05) is 13.1 Å². The molecule has 4 heteroatoms. The summed E-state index contributed by atoms with van der Waals surface area (Å²) in [5, 5.41) is 0. The van der Waals surface area contributed by atoms with E-state index in [4.69, 9.17) is 9.47 Å². The maximum absolute atomic E-state index is 12.3. The van der Waals surface area contributed by atoms with Crippen molar-refractivity contribution in [1.82, 2.24) is 4.90 Å². The van der Waals surface area contributed by atoms with Gasteiger partial charge in [0.25, 0.3) is 0 Å². The van der Waals surface area contributed by atoms with E-state index >= 15 is 0 Å². The normalized spacial score (nSPS) is 24.7. The van der Waals surface area contributed by atoms with Gasteiger partial charge in [-0.3, -0.25) is 4.79 Å². The third-order valence-electron chi connectivity index (χ3n) is 4.52. The topological polar surface area (TPSA) is 38.8 Å². The standard InChI is InChI=1S/C18H27NO3/c1-4-14-6-8-16(9-7-15(14)5-2)18(20)22-13-17-12-19(3)10-11-21-17/h4-5,16-17H,1-2,6-13H2,3H3. The van der Waals surface area contributed by atoms with Crippen molar-refractivity contribution < 1.29 is 14.3 Å². The summed E-state index contributed by atoms with van der Waals surface area (Å²) in [7, 11) is 2.06. The van der Waals surface area contributed by atoms with Crippen LogP contribution in [0.3, 0.4) is 0 Å². The Hall–Kier alpha value is -1.39. The van der Waals surface area contributed by atoms with Gasteiger partial charge in [-0.05, 0) is 43.9 Å². The lowest BCUT2D eigenvalue weighted by atomic mass is 9.99. The number of allylic oxidation sites excluding steroid dienone is 4. The van der Waals surface area contributed by atoms with Crippen LogP contribution in [0.2, 0.25) is 0 Å². The van der Waals surface area contributed by atoms with Gasteiger partial charge in [0.15, 0.2) is 0 Å². The average Bonchev–Trinajstić information content (AvgIpc) is 2.74. The Bertz CT molecular complexity index is 433. The van der Waals surface area contributed by atoms with E-state index in [2.05, 4.69) is 25.1 Å². The van der Waals surface area contributed by atoms with E-state index in [1.807, 2.05) is 12.2 Å². The summed E-state index contributed by atoms with van der Waals surface area (Å²) in [6, 6.07) is 0. The number of morpholine rings is 1. The summed E-state index contributed by atoms with van der Waals surface area (Å²) in [5.74, 6) is -0.126. The molecule has 1 heterocycles. The highest BCUT2D eigenvalue weighted by molar-refractivity contribution is 5.72. The SMILES string of the molecule is C=CC1=C(C=C)CCC(C(=O)OCC2CN(C)CCO2)CC1. The minimum atomic E-state index is -0.0921. The van der Waals surface area contributed by atoms with Crippen LogP contribution in [-0.4, -0.2) is 50.3 Å². The molecular weight excluding hydrogens is 278 g/mol. The lowest BCUT2D eigenvalue weighted by molar-refractivity contribution is -0.155. The molecule has 2 aliphatic rings. The lowest BCUT2D eigenvalue weighted by Gasteiger charge is -2.29. The molecule has 0 aromatic heterocycles. The van der Waals surface area contributed by atoms with E-state index in [1.54, 1.807) is 0 Å². The highest BCUT2D eigenvalue weighted by atomic mass is 16.6. The number of nitrogens with zero attached hydrogens (tertiary/aromatic N) is 1. The zero-order valence-electron chi connectivity index (χ0n) is 13.6. The Balaban J connectivity index is 1.81. The van der Waals surface area contributed by atoms with Crippen LogP contribution in [0.25, 0.3) is 0 Å². The van der Waals surface area contributed by atoms with Gasteiger partial charge in [-0.1, -0.05) is 25.3 Å². The van der Waals surface area contributed by atoms with Crippen molar-refractivity contribution in [3.8, 4) is 0 Å². The summed E-state index contributed by atoms with van der Waals surface area (Å²) < 4.78 is 11.1. The summed E-state index contributed by atoms with van der Waals surface area (Å²) in [6.07, 6.45) is 7.15. The van der Waals surface area contributed by atoms with Crippen molar-refractivity contribution in [3.05, 3.63) is 36.5 Å². The highest BCUT2D eigenvalue weighted by Gasteiger charge is 2.25. The van der Waals surface area contributed by atoms with E-state index in [-0.39, 0.29) is 18.0 Å². The summed E-state index contributed by atoms with van der Waals surface area (Å²) in [5.41, 5.74) is 2.42. The molecule has 1 aliphatic carbocycles. The van der Waals surface area contributed by atoms with Gasteiger partial charge in [-0.15, -0.1) is 0 Å². The van der Waals surface area contributed by atoms with E-state index in [9.17, 15) is 4.79 Å². The highest BCUT2D eigenvalue weighted by Crippen LogP contribution is 2.29. The molecule has 4 nitrogen and oxygen atoms in total. The largest absolute Gasteiger partial charge is 0.463 e. The third kappa shape index (κ3) is 4.55. The van der Waals surface area contributed by atoms with E-state index in [1.165, 1.54) is 11.1 Å². The second-order valence-corrected chi connectivity index (χ2v) is 6.12. The molecule has 122 valence electrons. The molecule has 22 heavy (non-hydrogen) atoms. The summed E-state index contributed by atoms with van der Waals surface area (Å²) in [4.78, 5) is 14.5. The number of esters is 1. The van der Waals surface area contributed by atoms with Gasteiger partial charge >= 0.3 is 5.97 Å². The molecule has 2 rings (SSSR count). The van der Waals surface area contributed by atoms with Crippen molar-refractivity contribution in [2.75, 3.05) is 33.4 Å². The van der Waals surface area contributed by atoms with Gasteiger partial charge in [0.2, 0.25) is 0 Å². The molecule has 0 radical (unpaired) electrons. The molecule has 0 aromatic carbocycles. The number of carbonyl (C=O) groups excluding carboxylic acids is 1. The Morgan fingerprint density at radius 1 is 1.32 bits per heavy atom. The van der Waals surface area contributed by atoms with Gasteiger partial charge in [-0.2, -0.15) is 0 Å². The maximum atomic E-state index is 12.3. The van der Waals surface area contributed by atoms with Crippen molar-refractivity contribution in [1.29, 1.82) is 0 Å². The number of hydrogen-bond donors (Lipinski definition) is 0. The number of ether oxygens (including phenoxy) is 2. The molecule has 1 atom stereocenters. The van der Waals surface area contributed by atoms with Crippen LogP contribution in [0.1, 0.15) is 25.7 Å². The Morgan fingerprint density at radius 2 is 1.95 bits per heavy atom. The zero-order chi connectivity index (χ0) is 15.9. The molecule has 0 spiro atoms. The molecule has 1 unspecified atom stereocenters. The van der Waals surface area contributed by atoms with Crippen LogP contribution in [-0.2, 0) is 14.3 Å². The van der Waals surface area contributed by atoms with Crippen LogP contribution in [0.5, 0.6) is 0 Å². The number of carbonyl (C=O) groups is 1. The first-order chi connectivity index (χ1) is 10.6. The smallest absolute Gasteiger partial charge is 0.309 e. The number of hydrogen-bond acceptors (Lipinski definition) is 4. The third-order valence-corrected chi connectivity index (χ3v) is 4.52. The molecule has 0 amide bonds. The van der Waals surface area contributed by atoms with Crippen LogP contribution in [0, 0.1) is 5.92 Å². The monoisotopic (exact) mass is 305 g/mol. The predicted octanol–water partition coefficient (Wildman–Crippen LogP) is 2.72. The second-order valence-electron chi connectivity index (χ2n) is 6.12. The van der Waals surface area contributed by atoms with Crippen molar-refractivity contribution in [2.45, 2.75) is 31.8 Å². The molecule has 1 saturated heterocycles. The summed E-state index contributed by atoms with van der Waals surface area (Å²) in [6.45, 7) is 10.5. The van der Waals surface area contributed by atoms with E-state index in [0.717, 1.165) is 38.8 Å². The Kier molecular flexibility index (Phi) is 6.40. The van der Waals surface area contributed by atoms with Crippen molar-refractivity contribution in [2.24, 2.45) is 5.92 Å². The first-order valence-electron chi connectivity index (χ1n) is 8.07. The zero-order valence-corrected chi connectivity index (χ0v) is 13.6. The van der Waals surface area contributed by atoms with Crippen molar-refractivity contribution in [3.63, 3.8) is 0 Å². The molecule has 1 aliphatic heterocycles. The fraction of sp³-hybridized carbons (Fsp3) is 0.611. The van der Waals surface area contributed by atoms with Crippen molar-refractivity contribution >= 4 is 5.97 Å². The van der Waals surface area contributed by atoms with E-state index in [0.29, 0.717) is 13.2 Å². The first kappa shape index (κ1) is 17.0. The molecule has 0 saturated carbocycles. The molecule has 1 fully saturated rings. The minimum Gasteiger partial charge on any atom is -0.463 e. The van der Waals surface area contributed by atoms with Crippen LogP contribution >= 0.6 is 0 Å². The lowest BCUT2D eigenvalue weighted by Crippen LogP contribution is -2.42. The molecule has 0 aromatic rings. The predicted molar refractivity (Wildman–Crippen MR) is 87.6 cm³/mol. The van der Waals surface area contributed by atoms with Crippen LogP contribution in [0.4, 0.5) is 0 Å². The van der Waals surface area contributed by atoms with Crippen LogP contribution < -0.4 is 0 Å². The second kappa shape index (κ2) is 8.30. The fourth-order valence-corrected chi connectivity index (χ4v) is 3.09. The maximum Gasteiger partial charge on any atom is 0.309 e. The molecule has 0 N–H and O–H groups in total. The van der Waals surface area contributed by atoms with Gasteiger partial charge < -0.3 is 14.4 Å². The quantitative estimate of drug-likeness (QED) is 0.732. The Labute approximate surface area is 133 Å². The molecule has 0 bridgehead atoms. The molecular formula is C18H27NO3. The van der Waals surface area contributed by atoms with Gasteiger partial charge in [0.05, 0.1) is 12.5 Å². The Morgan fingerprint density at radius 3 is 2.50 bits per heavy atom. The number of likely N-dealkylation sites (N-methyl/N-ethyl adjacent to an activating group) is 1. The van der Waals surface area contributed by atoms with Gasteiger partial charge in [0.1, 0.15) is 12.7 Å². The van der Waals surface area contributed by atoms with E-state index < -0.39 is 0 Å². The summed E-state index contributed by atoms with van der Waals surface area (Å²) >= 11 is 0.